The summed E-state index contributed by atoms with van der Waals surface area (Å²) in [4.78, 5) is 15.8. The van der Waals surface area contributed by atoms with Crippen LogP contribution in [0.3, 0.4) is 0 Å². The average Bonchev–Trinajstić information content (AvgIpc) is 3.04. The third-order valence-corrected chi connectivity index (χ3v) is 4.50. The molecule has 26 heavy (non-hydrogen) atoms. The first-order valence-corrected chi connectivity index (χ1v) is 8.14. The number of hydrogen-bond acceptors (Lipinski definition) is 6. The minimum Gasteiger partial charge on any atom is -0.478 e. The van der Waals surface area contributed by atoms with Crippen molar-refractivity contribution in [2.75, 3.05) is 12.8 Å². The summed E-state index contributed by atoms with van der Waals surface area (Å²) in [6.45, 7) is 1.62. The van der Waals surface area contributed by atoms with Gasteiger partial charge in [-0.1, -0.05) is 23.2 Å². The van der Waals surface area contributed by atoms with Crippen molar-refractivity contribution in [2.24, 2.45) is 0 Å². The molecule has 3 rings (SSSR count). The fourth-order valence-electron chi connectivity index (χ4n) is 2.51. The molecular weight excluding hydrogens is 386 g/mol. The van der Waals surface area contributed by atoms with Gasteiger partial charge >= 0.3 is 5.97 Å². The van der Waals surface area contributed by atoms with E-state index in [1.165, 1.54) is 25.6 Å². The highest BCUT2D eigenvalue weighted by Crippen LogP contribution is 2.39. The lowest BCUT2D eigenvalue weighted by Crippen LogP contribution is -2.08. The van der Waals surface area contributed by atoms with E-state index in [1.54, 1.807) is 6.92 Å². The highest BCUT2D eigenvalue weighted by Gasteiger charge is 2.24. The number of fused-ring (bicyclic) bond motifs is 1. The predicted molar refractivity (Wildman–Crippen MR) is 95.2 cm³/mol. The Hall–Kier alpha value is -2.51. The van der Waals surface area contributed by atoms with Gasteiger partial charge in [0, 0.05) is 16.8 Å². The molecule has 6 nitrogen and oxygen atoms in total. The van der Waals surface area contributed by atoms with Crippen molar-refractivity contribution < 1.29 is 23.1 Å². The zero-order valence-electron chi connectivity index (χ0n) is 13.7. The molecule has 3 aromatic rings. The minimum atomic E-state index is -0.771. The van der Waals surface area contributed by atoms with Crippen molar-refractivity contribution in [3.05, 3.63) is 51.6 Å². The van der Waals surface area contributed by atoms with Crippen LogP contribution < -0.4 is 10.5 Å². The van der Waals surface area contributed by atoms with E-state index in [2.05, 4.69) is 4.98 Å². The number of hydrogen-bond donors (Lipinski definition) is 1. The Labute approximate surface area is 157 Å². The van der Waals surface area contributed by atoms with E-state index in [-0.39, 0.29) is 38.3 Å². The van der Waals surface area contributed by atoms with Crippen LogP contribution in [0.25, 0.3) is 11.0 Å². The molecule has 136 valence electrons. The van der Waals surface area contributed by atoms with Crippen LogP contribution in [0.1, 0.15) is 28.9 Å². The van der Waals surface area contributed by atoms with Gasteiger partial charge in [0.25, 0.3) is 0 Å². The number of nitrogens with two attached hydrogens (primary N) is 1. The fraction of sp³-hybridized carbons (Fsp3) is 0.176. The molecule has 0 radical (unpaired) electrons. The Bertz CT molecular complexity index is 1010. The van der Waals surface area contributed by atoms with Crippen LogP contribution in [0, 0.1) is 5.82 Å². The summed E-state index contributed by atoms with van der Waals surface area (Å²) >= 11 is 12.1. The SMILES string of the molecule is COC(=O)c1coc2c(OC(C)c3c(Cl)ccc(F)c3Cl)c(N)ncc12. The second kappa shape index (κ2) is 7.01. The van der Waals surface area contributed by atoms with Crippen LogP contribution in [0.4, 0.5) is 10.2 Å². The first kappa shape index (κ1) is 18.3. The van der Waals surface area contributed by atoms with Crippen molar-refractivity contribution in [3.8, 4) is 5.75 Å². The van der Waals surface area contributed by atoms with E-state index in [9.17, 15) is 9.18 Å². The number of esters is 1. The maximum atomic E-state index is 13.8. The van der Waals surface area contributed by atoms with Crippen molar-refractivity contribution in [3.63, 3.8) is 0 Å². The van der Waals surface area contributed by atoms with E-state index in [0.717, 1.165) is 6.07 Å². The van der Waals surface area contributed by atoms with E-state index >= 15 is 0 Å². The van der Waals surface area contributed by atoms with Gasteiger partial charge in [0.1, 0.15) is 23.7 Å². The summed E-state index contributed by atoms with van der Waals surface area (Å²) in [6.07, 6.45) is 1.82. The number of carbonyl (C=O) groups excluding carboxylic acids is 1. The van der Waals surface area contributed by atoms with Gasteiger partial charge in [-0.3, -0.25) is 0 Å². The summed E-state index contributed by atoms with van der Waals surface area (Å²) in [6, 6.07) is 2.54. The molecule has 1 aromatic carbocycles. The number of aromatic nitrogens is 1. The molecule has 0 fully saturated rings. The third-order valence-electron chi connectivity index (χ3n) is 3.79. The van der Waals surface area contributed by atoms with Crippen LogP contribution in [-0.4, -0.2) is 18.1 Å². The number of methoxy groups -OCH3 is 1. The summed E-state index contributed by atoms with van der Waals surface area (Å²) in [5.74, 6) is -1.11. The number of nitrogens with zero attached hydrogens (tertiary/aromatic N) is 1. The molecule has 1 atom stereocenters. The number of pyridine rings is 1. The number of nitrogen functional groups attached to an aromatic ring is 1. The predicted octanol–water partition coefficient (Wildman–Crippen LogP) is 4.78. The normalized spacial score (nSPS) is 12.2. The van der Waals surface area contributed by atoms with E-state index < -0.39 is 17.9 Å². The Morgan fingerprint density at radius 2 is 2.12 bits per heavy atom. The van der Waals surface area contributed by atoms with Gasteiger partial charge < -0.3 is 19.6 Å². The number of rotatable bonds is 4. The molecule has 0 saturated carbocycles. The van der Waals surface area contributed by atoms with E-state index in [0.29, 0.717) is 5.39 Å². The number of ether oxygens (including phenoxy) is 2. The Balaban J connectivity index is 2.07. The third kappa shape index (κ3) is 3.04. The molecule has 0 spiro atoms. The van der Waals surface area contributed by atoms with Gasteiger partial charge in [0.2, 0.25) is 5.75 Å². The minimum absolute atomic E-state index is 0.0266. The molecule has 2 N–H and O–H groups in total. The smallest absolute Gasteiger partial charge is 0.341 e. The topological polar surface area (TPSA) is 87.6 Å². The fourth-order valence-corrected chi connectivity index (χ4v) is 3.19. The van der Waals surface area contributed by atoms with Gasteiger partial charge in [-0.2, -0.15) is 0 Å². The number of benzene rings is 1. The molecule has 0 saturated heterocycles. The van der Waals surface area contributed by atoms with Crippen molar-refractivity contribution in [2.45, 2.75) is 13.0 Å². The highest BCUT2D eigenvalue weighted by molar-refractivity contribution is 6.36. The Kier molecular flexibility index (Phi) is 4.93. The largest absolute Gasteiger partial charge is 0.478 e. The molecule has 9 heteroatoms. The van der Waals surface area contributed by atoms with Crippen LogP contribution in [0.15, 0.2) is 29.0 Å². The molecule has 0 amide bonds. The molecule has 2 heterocycles. The Morgan fingerprint density at radius 1 is 1.38 bits per heavy atom. The molecule has 0 aliphatic rings. The van der Waals surface area contributed by atoms with Crippen LogP contribution in [-0.2, 0) is 4.74 Å². The molecule has 0 aliphatic heterocycles. The second-order valence-electron chi connectivity index (χ2n) is 5.37. The van der Waals surface area contributed by atoms with Crippen LogP contribution >= 0.6 is 23.2 Å². The number of carbonyl (C=O) groups is 1. The van der Waals surface area contributed by atoms with Crippen LogP contribution in [0.2, 0.25) is 10.0 Å². The quantitative estimate of drug-likeness (QED) is 0.502. The lowest BCUT2D eigenvalue weighted by atomic mass is 10.1. The number of anilines is 1. The zero-order valence-corrected chi connectivity index (χ0v) is 15.2. The summed E-state index contributed by atoms with van der Waals surface area (Å²) in [5, 5.41) is 0.445. The summed E-state index contributed by atoms with van der Waals surface area (Å²) in [7, 11) is 1.25. The second-order valence-corrected chi connectivity index (χ2v) is 6.16. The molecule has 1 unspecified atom stereocenters. The highest BCUT2D eigenvalue weighted by atomic mass is 35.5. The lowest BCUT2D eigenvalue weighted by molar-refractivity contribution is 0.0602. The van der Waals surface area contributed by atoms with Crippen molar-refractivity contribution >= 4 is 46.0 Å². The number of halogens is 3. The average molecular weight is 399 g/mol. The molecule has 0 aliphatic carbocycles. The summed E-state index contributed by atoms with van der Waals surface area (Å²) < 4.78 is 29.7. The van der Waals surface area contributed by atoms with Crippen molar-refractivity contribution in [1.82, 2.24) is 4.98 Å². The molecule has 2 aromatic heterocycles. The van der Waals surface area contributed by atoms with Gasteiger partial charge in [-0.15, -0.1) is 0 Å². The van der Waals surface area contributed by atoms with Crippen LogP contribution in [0.5, 0.6) is 5.75 Å². The monoisotopic (exact) mass is 398 g/mol. The summed E-state index contributed by atoms with van der Waals surface area (Å²) in [5.41, 5.74) is 6.52. The van der Waals surface area contributed by atoms with Crippen molar-refractivity contribution in [1.29, 1.82) is 0 Å². The number of furan rings is 1. The van der Waals surface area contributed by atoms with E-state index in [1.807, 2.05) is 0 Å². The maximum absolute atomic E-state index is 13.8. The van der Waals surface area contributed by atoms with E-state index in [4.69, 9.17) is 42.8 Å². The first-order chi connectivity index (χ1) is 12.3. The van der Waals surface area contributed by atoms with Gasteiger partial charge in [-0.05, 0) is 19.1 Å². The first-order valence-electron chi connectivity index (χ1n) is 7.39. The zero-order chi connectivity index (χ0) is 19.0. The molecule has 0 bridgehead atoms. The molecular formula is C17H13Cl2FN2O4. The maximum Gasteiger partial charge on any atom is 0.341 e. The van der Waals surface area contributed by atoms with Gasteiger partial charge in [0.15, 0.2) is 11.4 Å². The standard InChI is InChI=1S/C17H13Cl2FN2O4/c1-7(12-10(18)3-4-11(20)13(12)19)26-15-14-8(5-22-16(15)21)9(6-25-14)17(23)24-2/h3-7H,1-2H3,(H2,21,22). The Morgan fingerprint density at radius 3 is 2.81 bits per heavy atom. The lowest BCUT2D eigenvalue weighted by Gasteiger charge is -2.18. The van der Waals surface area contributed by atoms with Gasteiger partial charge in [-0.25, -0.2) is 14.2 Å². The van der Waals surface area contributed by atoms with Gasteiger partial charge in [0.05, 0.1) is 17.5 Å².